The van der Waals surface area contributed by atoms with E-state index >= 15 is 0 Å². The van der Waals surface area contributed by atoms with Crippen LogP contribution in [0.3, 0.4) is 0 Å². The smallest absolute Gasteiger partial charge is 0.0890 e. The highest BCUT2D eigenvalue weighted by atomic mass is 79.9. The van der Waals surface area contributed by atoms with Crippen LogP contribution in [-0.2, 0) is 0 Å². The first-order chi connectivity index (χ1) is 7.84. The number of nitrogens with one attached hydrogen (secondary N) is 1. The van der Waals surface area contributed by atoms with Crippen LogP contribution >= 0.6 is 15.9 Å². The van der Waals surface area contributed by atoms with Gasteiger partial charge in [-0.1, -0.05) is 33.3 Å². The van der Waals surface area contributed by atoms with E-state index in [0.29, 0.717) is 6.04 Å². The van der Waals surface area contributed by atoms with Crippen molar-refractivity contribution in [2.24, 2.45) is 0 Å². The summed E-state index contributed by atoms with van der Waals surface area (Å²) in [6, 6.07) is 8.64. The summed E-state index contributed by atoms with van der Waals surface area (Å²) < 4.78 is 3.07. The zero-order valence-corrected chi connectivity index (χ0v) is 10.2. The fourth-order valence-electron chi connectivity index (χ4n) is 1.81. The largest absolute Gasteiger partial charge is 0.312 e. The molecule has 4 nitrogen and oxygen atoms in total. The third-order valence-electron chi connectivity index (χ3n) is 2.80. The molecule has 5 heteroatoms. The first-order valence-corrected chi connectivity index (χ1v) is 6.01. The van der Waals surface area contributed by atoms with Gasteiger partial charge in [0.15, 0.2) is 0 Å². The Morgan fingerprint density at radius 2 is 2.25 bits per heavy atom. The Kier molecular flexibility index (Phi) is 2.49. The van der Waals surface area contributed by atoms with Gasteiger partial charge in [-0.25, -0.2) is 4.68 Å². The lowest BCUT2D eigenvalue weighted by atomic mass is 10.1. The van der Waals surface area contributed by atoms with Crippen molar-refractivity contribution in [2.45, 2.75) is 6.04 Å². The minimum absolute atomic E-state index is 0.441. The summed E-state index contributed by atoms with van der Waals surface area (Å²) in [7, 11) is 0. The van der Waals surface area contributed by atoms with Gasteiger partial charge in [0.05, 0.1) is 17.9 Å². The minimum Gasteiger partial charge on any atom is -0.312 e. The lowest BCUT2D eigenvalue weighted by Crippen LogP contribution is -2.44. The van der Waals surface area contributed by atoms with E-state index in [1.165, 1.54) is 0 Å². The topological polar surface area (TPSA) is 42.7 Å². The second kappa shape index (κ2) is 3.99. The number of rotatable bonds is 2. The molecule has 3 rings (SSSR count). The third-order valence-corrected chi connectivity index (χ3v) is 3.29. The molecular formula is C11H11BrN4. The lowest BCUT2D eigenvalue weighted by Gasteiger charge is -2.28. The zero-order valence-electron chi connectivity index (χ0n) is 8.60. The Morgan fingerprint density at radius 3 is 2.94 bits per heavy atom. The molecule has 0 aliphatic carbocycles. The Labute approximate surface area is 102 Å². The summed E-state index contributed by atoms with van der Waals surface area (Å²) in [5, 5.41) is 11.4. The maximum absolute atomic E-state index is 4.16. The Balaban J connectivity index is 2.02. The highest BCUT2D eigenvalue weighted by Gasteiger charge is 2.22. The molecule has 0 radical (unpaired) electrons. The van der Waals surface area contributed by atoms with Gasteiger partial charge >= 0.3 is 0 Å². The molecule has 1 fully saturated rings. The quantitative estimate of drug-likeness (QED) is 0.912. The van der Waals surface area contributed by atoms with E-state index in [1.54, 1.807) is 0 Å². The van der Waals surface area contributed by atoms with Crippen LogP contribution in [0.25, 0.3) is 11.3 Å². The number of aromatic nitrogens is 3. The van der Waals surface area contributed by atoms with Gasteiger partial charge in [0.25, 0.3) is 0 Å². The Bertz CT molecular complexity index is 504. The third kappa shape index (κ3) is 1.66. The predicted octanol–water partition coefficient (Wildman–Crippen LogP) is 1.85. The van der Waals surface area contributed by atoms with E-state index in [1.807, 2.05) is 23.0 Å². The van der Waals surface area contributed by atoms with Gasteiger partial charge < -0.3 is 5.32 Å². The van der Waals surface area contributed by atoms with Crippen molar-refractivity contribution in [3.8, 4) is 11.3 Å². The van der Waals surface area contributed by atoms with Gasteiger partial charge in [-0.3, -0.25) is 0 Å². The molecule has 1 aromatic heterocycles. The molecule has 2 heterocycles. The maximum Gasteiger partial charge on any atom is 0.0890 e. The molecule has 1 N–H and O–H groups in total. The van der Waals surface area contributed by atoms with Crippen LogP contribution in [0.5, 0.6) is 0 Å². The molecule has 0 saturated carbocycles. The summed E-state index contributed by atoms with van der Waals surface area (Å²) in [6.07, 6.45) is 1.82. The van der Waals surface area contributed by atoms with E-state index in [-0.39, 0.29) is 0 Å². The summed E-state index contributed by atoms with van der Waals surface area (Å²) in [5.41, 5.74) is 2.22. The monoisotopic (exact) mass is 278 g/mol. The predicted molar refractivity (Wildman–Crippen MR) is 65.1 cm³/mol. The standard InChI is InChI=1S/C11H11BrN4/c12-9-3-1-2-8(4-9)11-7-14-15-16(11)10-5-13-6-10/h1-4,7,10,13H,5-6H2. The van der Waals surface area contributed by atoms with Crippen molar-refractivity contribution >= 4 is 15.9 Å². The zero-order chi connectivity index (χ0) is 11.0. The average molecular weight is 279 g/mol. The molecule has 1 saturated heterocycles. The van der Waals surface area contributed by atoms with E-state index in [4.69, 9.17) is 0 Å². The molecule has 0 amide bonds. The van der Waals surface area contributed by atoms with E-state index < -0.39 is 0 Å². The van der Waals surface area contributed by atoms with Crippen LogP contribution in [0.15, 0.2) is 34.9 Å². The number of benzene rings is 1. The number of hydrogen-bond acceptors (Lipinski definition) is 3. The average Bonchev–Trinajstić information content (AvgIpc) is 2.64. The van der Waals surface area contributed by atoms with E-state index in [9.17, 15) is 0 Å². The molecule has 1 aromatic carbocycles. The van der Waals surface area contributed by atoms with Crippen molar-refractivity contribution in [1.29, 1.82) is 0 Å². The molecule has 16 heavy (non-hydrogen) atoms. The van der Waals surface area contributed by atoms with Crippen molar-refractivity contribution in [2.75, 3.05) is 13.1 Å². The van der Waals surface area contributed by atoms with Crippen molar-refractivity contribution in [3.63, 3.8) is 0 Å². The normalized spacial score (nSPS) is 16.1. The van der Waals surface area contributed by atoms with Gasteiger partial charge in [-0.2, -0.15) is 0 Å². The minimum atomic E-state index is 0.441. The fourth-order valence-corrected chi connectivity index (χ4v) is 2.21. The van der Waals surface area contributed by atoms with Gasteiger partial charge in [0.1, 0.15) is 0 Å². The van der Waals surface area contributed by atoms with Gasteiger partial charge in [0.2, 0.25) is 0 Å². The number of hydrogen-bond donors (Lipinski definition) is 1. The number of nitrogens with zero attached hydrogens (tertiary/aromatic N) is 3. The second-order valence-electron chi connectivity index (χ2n) is 3.89. The first-order valence-electron chi connectivity index (χ1n) is 5.21. The highest BCUT2D eigenvalue weighted by molar-refractivity contribution is 9.10. The van der Waals surface area contributed by atoms with Gasteiger partial charge in [-0.15, -0.1) is 5.10 Å². The molecule has 1 aliphatic rings. The molecule has 0 atom stereocenters. The van der Waals surface area contributed by atoms with E-state index in [2.05, 4.69) is 43.7 Å². The molecule has 0 spiro atoms. The molecule has 2 aromatic rings. The second-order valence-corrected chi connectivity index (χ2v) is 4.80. The Morgan fingerprint density at radius 1 is 1.38 bits per heavy atom. The van der Waals surface area contributed by atoms with Crippen molar-refractivity contribution in [1.82, 2.24) is 20.3 Å². The van der Waals surface area contributed by atoms with Gasteiger partial charge in [-0.05, 0) is 12.1 Å². The lowest BCUT2D eigenvalue weighted by molar-refractivity contribution is 0.315. The molecule has 0 unspecified atom stereocenters. The SMILES string of the molecule is Brc1cccc(-c2cnnn2C2CNC2)c1. The van der Waals surface area contributed by atoms with Crippen LogP contribution in [0, 0.1) is 0 Å². The van der Waals surface area contributed by atoms with Crippen molar-refractivity contribution in [3.05, 3.63) is 34.9 Å². The fraction of sp³-hybridized carbons (Fsp3) is 0.273. The highest BCUT2D eigenvalue weighted by Crippen LogP contribution is 2.25. The van der Waals surface area contributed by atoms with Gasteiger partial charge in [0, 0.05) is 23.1 Å². The first kappa shape index (κ1) is 9.99. The molecule has 0 bridgehead atoms. The van der Waals surface area contributed by atoms with Crippen LogP contribution in [0.2, 0.25) is 0 Å². The molecular weight excluding hydrogens is 268 g/mol. The molecule has 1 aliphatic heterocycles. The summed E-state index contributed by atoms with van der Waals surface area (Å²) in [6.45, 7) is 1.95. The van der Waals surface area contributed by atoms with Crippen LogP contribution in [0.4, 0.5) is 0 Å². The number of halogens is 1. The summed E-state index contributed by atoms with van der Waals surface area (Å²) in [5.74, 6) is 0. The van der Waals surface area contributed by atoms with Crippen LogP contribution in [-0.4, -0.2) is 28.1 Å². The Hall–Kier alpha value is -1.20. The molecule has 82 valence electrons. The maximum atomic E-state index is 4.16. The summed E-state index contributed by atoms with van der Waals surface area (Å²) in [4.78, 5) is 0. The van der Waals surface area contributed by atoms with Crippen molar-refractivity contribution < 1.29 is 0 Å². The summed E-state index contributed by atoms with van der Waals surface area (Å²) >= 11 is 3.48. The van der Waals surface area contributed by atoms with E-state index in [0.717, 1.165) is 28.8 Å². The van der Waals surface area contributed by atoms with Crippen LogP contribution in [0.1, 0.15) is 6.04 Å². The van der Waals surface area contributed by atoms with Crippen LogP contribution < -0.4 is 5.32 Å².